The molecule has 0 aliphatic heterocycles. The van der Waals surface area contributed by atoms with Gasteiger partial charge in [-0.15, -0.1) is 0 Å². The zero-order valence-corrected chi connectivity index (χ0v) is 20.0. The minimum atomic E-state index is -0.785. The average molecular weight is 494 g/mol. The molecule has 5 rings (SSSR count). The average Bonchev–Trinajstić information content (AvgIpc) is 3.40. The van der Waals surface area contributed by atoms with Crippen molar-refractivity contribution >= 4 is 11.0 Å². The van der Waals surface area contributed by atoms with Gasteiger partial charge in [0.2, 0.25) is 0 Å². The highest BCUT2D eigenvalue weighted by atomic mass is 16.5. The second-order valence-corrected chi connectivity index (χ2v) is 9.62. The zero-order chi connectivity index (χ0) is 25.3. The van der Waals surface area contributed by atoms with Crippen LogP contribution in [0.3, 0.4) is 0 Å². The van der Waals surface area contributed by atoms with Gasteiger partial charge in [-0.25, -0.2) is 9.59 Å². The summed E-state index contributed by atoms with van der Waals surface area (Å²) in [7, 11) is 0. The lowest BCUT2D eigenvalue weighted by Crippen LogP contribution is -2.44. The van der Waals surface area contributed by atoms with E-state index in [0.29, 0.717) is 55.1 Å². The number of aryl methyl sites for hydroxylation is 2. The summed E-state index contributed by atoms with van der Waals surface area (Å²) in [6.07, 6.45) is 7.13. The molecule has 36 heavy (non-hydrogen) atoms. The van der Waals surface area contributed by atoms with Gasteiger partial charge >= 0.3 is 11.4 Å². The van der Waals surface area contributed by atoms with Crippen molar-refractivity contribution in [3.05, 3.63) is 71.9 Å². The SMILES string of the molecule is CC1(CCCn2c(=O)n(CCCCc3noc(-c4ccccn4)n3)c(=O)c3[nH]c(=O)[nH]c(=O)c32)CC1. The van der Waals surface area contributed by atoms with E-state index in [1.54, 1.807) is 18.3 Å². The molecule has 4 aromatic heterocycles. The van der Waals surface area contributed by atoms with E-state index >= 15 is 0 Å². The first-order chi connectivity index (χ1) is 17.3. The third-order valence-electron chi connectivity index (χ3n) is 6.76. The fraction of sp³-hybridized carbons (Fsp3) is 0.458. The highest BCUT2D eigenvalue weighted by molar-refractivity contribution is 5.71. The van der Waals surface area contributed by atoms with Crippen LogP contribution in [0.25, 0.3) is 22.6 Å². The summed E-state index contributed by atoms with van der Waals surface area (Å²) in [5.74, 6) is 0.830. The summed E-state index contributed by atoms with van der Waals surface area (Å²) in [6.45, 7) is 2.62. The Morgan fingerprint density at radius 2 is 1.83 bits per heavy atom. The third kappa shape index (κ3) is 4.83. The number of hydrogen-bond donors (Lipinski definition) is 2. The Kier molecular flexibility index (Phi) is 6.25. The number of nitrogens with one attached hydrogen (secondary N) is 2. The molecule has 188 valence electrons. The molecule has 12 heteroatoms. The van der Waals surface area contributed by atoms with Crippen LogP contribution in [0, 0.1) is 5.41 Å². The van der Waals surface area contributed by atoms with Crippen LogP contribution >= 0.6 is 0 Å². The lowest BCUT2D eigenvalue weighted by molar-refractivity contribution is 0.419. The summed E-state index contributed by atoms with van der Waals surface area (Å²) in [5.41, 5.74) is -2.13. The van der Waals surface area contributed by atoms with Crippen molar-refractivity contribution in [1.82, 2.24) is 34.2 Å². The van der Waals surface area contributed by atoms with Gasteiger partial charge in [0.25, 0.3) is 17.0 Å². The molecule has 0 aromatic carbocycles. The Bertz CT molecular complexity index is 1620. The van der Waals surface area contributed by atoms with E-state index in [2.05, 4.69) is 32.0 Å². The van der Waals surface area contributed by atoms with Gasteiger partial charge in [0.1, 0.15) is 16.7 Å². The number of hydrogen-bond acceptors (Lipinski definition) is 8. The first-order valence-corrected chi connectivity index (χ1v) is 12.1. The second-order valence-electron chi connectivity index (χ2n) is 9.62. The normalized spacial score (nSPS) is 14.4. The maximum Gasteiger partial charge on any atom is 0.331 e. The third-order valence-corrected chi connectivity index (χ3v) is 6.76. The molecule has 0 bridgehead atoms. The minimum absolute atomic E-state index is 0.0874. The number of unbranched alkanes of at least 4 members (excludes halogenated alkanes) is 1. The van der Waals surface area contributed by atoms with Gasteiger partial charge < -0.3 is 9.51 Å². The van der Waals surface area contributed by atoms with E-state index in [1.165, 1.54) is 4.57 Å². The van der Waals surface area contributed by atoms with Crippen LogP contribution in [-0.2, 0) is 19.5 Å². The van der Waals surface area contributed by atoms with Crippen molar-refractivity contribution in [2.75, 3.05) is 0 Å². The van der Waals surface area contributed by atoms with Crippen molar-refractivity contribution in [1.29, 1.82) is 0 Å². The summed E-state index contributed by atoms with van der Waals surface area (Å²) in [4.78, 5) is 63.8. The number of nitrogens with zero attached hydrogens (tertiary/aromatic N) is 5. The van der Waals surface area contributed by atoms with E-state index in [4.69, 9.17) is 4.52 Å². The quantitative estimate of drug-likeness (QED) is 0.315. The van der Waals surface area contributed by atoms with Crippen LogP contribution in [0.1, 0.15) is 51.3 Å². The van der Waals surface area contributed by atoms with Crippen LogP contribution in [-0.4, -0.2) is 34.2 Å². The molecule has 4 aromatic rings. The minimum Gasteiger partial charge on any atom is -0.332 e. The van der Waals surface area contributed by atoms with Crippen molar-refractivity contribution < 1.29 is 4.52 Å². The number of fused-ring (bicyclic) bond motifs is 1. The standard InChI is InChI=1S/C24H27N7O5/c1-24(10-11-24)9-6-14-30-18-17(27-22(34)28-19(18)32)21(33)31(23(30)35)13-5-3-8-16-26-20(36-29-16)15-7-2-4-12-25-15/h2,4,7,12H,3,5-6,8-11,13-14H2,1H3,(H2,27,28,32,34). The van der Waals surface area contributed by atoms with Gasteiger partial charge in [-0.2, -0.15) is 4.98 Å². The van der Waals surface area contributed by atoms with Crippen molar-refractivity contribution in [2.45, 2.75) is 65.0 Å². The molecule has 0 saturated heterocycles. The molecule has 0 atom stereocenters. The predicted octanol–water partition coefficient (Wildman–Crippen LogP) is 1.59. The fourth-order valence-electron chi connectivity index (χ4n) is 4.39. The molecule has 12 nitrogen and oxygen atoms in total. The summed E-state index contributed by atoms with van der Waals surface area (Å²) in [6, 6.07) is 5.39. The van der Waals surface area contributed by atoms with Gasteiger partial charge in [0, 0.05) is 25.7 Å². The Hall–Kier alpha value is -4.09. The molecule has 0 spiro atoms. The molecule has 1 saturated carbocycles. The first-order valence-electron chi connectivity index (χ1n) is 12.1. The highest BCUT2D eigenvalue weighted by Crippen LogP contribution is 2.48. The molecule has 1 aliphatic rings. The molecule has 1 aliphatic carbocycles. The van der Waals surface area contributed by atoms with E-state index < -0.39 is 22.5 Å². The Morgan fingerprint density at radius 3 is 2.58 bits per heavy atom. The van der Waals surface area contributed by atoms with Crippen molar-refractivity contribution in [3.63, 3.8) is 0 Å². The maximum atomic E-state index is 13.3. The number of aromatic nitrogens is 7. The molecular formula is C24H27N7O5. The van der Waals surface area contributed by atoms with E-state index in [1.807, 2.05) is 6.07 Å². The van der Waals surface area contributed by atoms with Crippen LogP contribution in [0.2, 0.25) is 0 Å². The van der Waals surface area contributed by atoms with Gasteiger partial charge in [0.15, 0.2) is 5.82 Å². The second kappa shape index (κ2) is 9.51. The lowest BCUT2D eigenvalue weighted by Gasteiger charge is -2.14. The predicted molar refractivity (Wildman–Crippen MR) is 131 cm³/mol. The van der Waals surface area contributed by atoms with Crippen LogP contribution in [0.4, 0.5) is 0 Å². The zero-order valence-electron chi connectivity index (χ0n) is 20.0. The van der Waals surface area contributed by atoms with Crippen molar-refractivity contribution in [2.24, 2.45) is 5.41 Å². The summed E-state index contributed by atoms with van der Waals surface area (Å²) < 4.78 is 7.66. The van der Waals surface area contributed by atoms with Crippen LogP contribution in [0.5, 0.6) is 0 Å². The molecule has 0 unspecified atom stereocenters. The Morgan fingerprint density at radius 1 is 1.03 bits per heavy atom. The molecule has 0 radical (unpaired) electrons. The van der Waals surface area contributed by atoms with E-state index in [0.717, 1.165) is 23.8 Å². The molecule has 1 fully saturated rings. The van der Waals surface area contributed by atoms with Crippen LogP contribution < -0.4 is 22.5 Å². The molecule has 2 N–H and O–H groups in total. The van der Waals surface area contributed by atoms with E-state index in [-0.39, 0.29) is 17.6 Å². The number of pyridine rings is 1. The van der Waals surface area contributed by atoms with Gasteiger partial charge in [-0.05, 0) is 56.1 Å². The molecule has 0 amide bonds. The number of H-pyrrole nitrogens is 2. The van der Waals surface area contributed by atoms with Gasteiger partial charge in [-0.1, -0.05) is 18.1 Å². The smallest absolute Gasteiger partial charge is 0.331 e. The number of rotatable bonds is 10. The van der Waals surface area contributed by atoms with E-state index in [9.17, 15) is 19.2 Å². The van der Waals surface area contributed by atoms with Gasteiger partial charge in [0.05, 0.1) is 0 Å². The number of aromatic amines is 2. The molecule has 4 heterocycles. The Labute approximate surface area is 204 Å². The summed E-state index contributed by atoms with van der Waals surface area (Å²) in [5, 5.41) is 3.97. The summed E-state index contributed by atoms with van der Waals surface area (Å²) >= 11 is 0. The van der Waals surface area contributed by atoms with Crippen molar-refractivity contribution in [3.8, 4) is 11.6 Å². The first kappa shape index (κ1) is 23.6. The fourth-order valence-corrected chi connectivity index (χ4v) is 4.39. The largest absolute Gasteiger partial charge is 0.332 e. The topological polar surface area (TPSA) is 162 Å². The lowest BCUT2D eigenvalue weighted by atomic mass is 10.0. The van der Waals surface area contributed by atoms with Crippen LogP contribution in [0.15, 0.2) is 48.1 Å². The maximum absolute atomic E-state index is 13.3. The van der Waals surface area contributed by atoms with Gasteiger partial charge in [-0.3, -0.25) is 28.7 Å². The monoisotopic (exact) mass is 493 g/mol. The Balaban J connectivity index is 1.34. The highest BCUT2D eigenvalue weighted by Gasteiger charge is 2.36. The molecular weight excluding hydrogens is 466 g/mol.